The van der Waals surface area contributed by atoms with Crippen molar-refractivity contribution in [2.75, 3.05) is 19.0 Å². The van der Waals surface area contributed by atoms with E-state index in [1.807, 2.05) is 0 Å². The minimum absolute atomic E-state index is 0.410. The molecule has 0 atom stereocenters. The predicted octanol–water partition coefficient (Wildman–Crippen LogP) is 2.81. The lowest BCUT2D eigenvalue weighted by atomic mass is 10.4. The molecule has 0 amide bonds. The smallest absolute Gasteiger partial charge is 0.0466 e. The van der Waals surface area contributed by atoms with Crippen molar-refractivity contribution < 1.29 is 8.62 Å². The standard InChI is InChI=1S/C7H15FOS/c1-2-5-9-6-3-4-7-10-8/h2-7H2,1H3. The highest BCUT2D eigenvalue weighted by molar-refractivity contribution is 7.94. The molecule has 0 aromatic rings. The van der Waals surface area contributed by atoms with Gasteiger partial charge in [0.1, 0.15) is 0 Å². The maximum absolute atomic E-state index is 11.4. The molecule has 0 saturated heterocycles. The lowest BCUT2D eigenvalue weighted by Gasteiger charge is -1.99. The van der Waals surface area contributed by atoms with Crippen LogP contribution in [0.5, 0.6) is 0 Å². The van der Waals surface area contributed by atoms with Crippen LogP contribution in [0.4, 0.5) is 3.89 Å². The molecule has 62 valence electrons. The van der Waals surface area contributed by atoms with Gasteiger partial charge in [0.05, 0.1) is 0 Å². The van der Waals surface area contributed by atoms with Crippen molar-refractivity contribution >= 4 is 12.1 Å². The minimum atomic E-state index is 0.410. The topological polar surface area (TPSA) is 9.23 Å². The summed E-state index contributed by atoms with van der Waals surface area (Å²) in [7, 11) is 0. The van der Waals surface area contributed by atoms with Crippen molar-refractivity contribution in [2.45, 2.75) is 26.2 Å². The largest absolute Gasteiger partial charge is 0.381 e. The van der Waals surface area contributed by atoms with E-state index in [1.165, 1.54) is 0 Å². The zero-order valence-corrected chi connectivity index (χ0v) is 7.25. The maximum atomic E-state index is 11.4. The van der Waals surface area contributed by atoms with Gasteiger partial charge in [0, 0.05) is 31.1 Å². The number of halogens is 1. The summed E-state index contributed by atoms with van der Waals surface area (Å²) in [4.78, 5) is 0. The van der Waals surface area contributed by atoms with Crippen molar-refractivity contribution in [3.8, 4) is 0 Å². The molecule has 0 heterocycles. The van der Waals surface area contributed by atoms with Crippen LogP contribution in [0.2, 0.25) is 0 Å². The monoisotopic (exact) mass is 166 g/mol. The molecular formula is C7H15FOS. The summed E-state index contributed by atoms with van der Waals surface area (Å²) in [5.41, 5.74) is 0. The Morgan fingerprint density at radius 1 is 1.30 bits per heavy atom. The molecule has 0 aromatic heterocycles. The molecule has 0 rings (SSSR count). The van der Waals surface area contributed by atoms with Crippen LogP contribution in [-0.4, -0.2) is 19.0 Å². The predicted molar refractivity (Wildman–Crippen MR) is 43.9 cm³/mol. The molecule has 0 aliphatic rings. The van der Waals surface area contributed by atoms with Crippen LogP contribution in [0.3, 0.4) is 0 Å². The van der Waals surface area contributed by atoms with E-state index in [-0.39, 0.29) is 0 Å². The normalized spacial score (nSPS) is 10.2. The third kappa shape index (κ3) is 8.24. The molecule has 0 spiro atoms. The Morgan fingerprint density at radius 2 is 2.10 bits per heavy atom. The first-order valence-corrected chi connectivity index (χ1v) is 4.61. The van der Waals surface area contributed by atoms with Crippen molar-refractivity contribution in [3.63, 3.8) is 0 Å². The number of rotatable bonds is 7. The molecule has 0 aliphatic heterocycles. The zero-order chi connectivity index (χ0) is 7.66. The first-order chi connectivity index (χ1) is 4.91. The van der Waals surface area contributed by atoms with Crippen LogP contribution in [0, 0.1) is 0 Å². The fourth-order valence-electron chi connectivity index (χ4n) is 0.607. The SMILES string of the molecule is CCCOCCCCSF. The molecular weight excluding hydrogens is 151 g/mol. The molecule has 10 heavy (non-hydrogen) atoms. The third-order valence-electron chi connectivity index (χ3n) is 1.11. The van der Waals surface area contributed by atoms with E-state index in [0.717, 1.165) is 32.5 Å². The van der Waals surface area contributed by atoms with E-state index in [0.29, 0.717) is 17.9 Å². The lowest BCUT2D eigenvalue weighted by Crippen LogP contribution is -1.95. The van der Waals surface area contributed by atoms with Crippen molar-refractivity contribution in [1.29, 1.82) is 0 Å². The van der Waals surface area contributed by atoms with Gasteiger partial charge in [-0.25, -0.2) is 0 Å². The maximum Gasteiger partial charge on any atom is 0.0466 e. The zero-order valence-electron chi connectivity index (χ0n) is 6.44. The Balaban J connectivity index is 2.65. The summed E-state index contributed by atoms with van der Waals surface area (Å²) in [5.74, 6) is 0.607. The second kappa shape index (κ2) is 9.24. The number of unbranched alkanes of at least 4 members (excludes halogenated alkanes) is 1. The average Bonchev–Trinajstić information content (AvgIpc) is 1.97. The molecule has 1 nitrogen and oxygen atoms in total. The Kier molecular flexibility index (Phi) is 9.46. The van der Waals surface area contributed by atoms with Crippen LogP contribution in [-0.2, 0) is 4.74 Å². The van der Waals surface area contributed by atoms with Crippen LogP contribution in [0.15, 0.2) is 0 Å². The number of hydrogen-bond donors (Lipinski definition) is 0. The van der Waals surface area contributed by atoms with Gasteiger partial charge in [-0.05, 0) is 19.3 Å². The quantitative estimate of drug-likeness (QED) is 0.538. The summed E-state index contributed by atoms with van der Waals surface area (Å²) in [6.07, 6.45) is 2.97. The van der Waals surface area contributed by atoms with Gasteiger partial charge in [-0.2, -0.15) is 3.89 Å². The van der Waals surface area contributed by atoms with Crippen LogP contribution in [0.25, 0.3) is 0 Å². The average molecular weight is 166 g/mol. The van der Waals surface area contributed by atoms with E-state index in [4.69, 9.17) is 4.74 Å². The van der Waals surface area contributed by atoms with E-state index in [2.05, 4.69) is 6.92 Å². The van der Waals surface area contributed by atoms with Gasteiger partial charge in [-0.15, -0.1) is 0 Å². The van der Waals surface area contributed by atoms with E-state index >= 15 is 0 Å². The lowest BCUT2D eigenvalue weighted by molar-refractivity contribution is 0.132. The van der Waals surface area contributed by atoms with Gasteiger partial charge in [0.25, 0.3) is 0 Å². The van der Waals surface area contributed by atoms with Gasteiger partial charge in [-0.1, -0.05) is 6.92 Å². The Labute approximate surface area is 66.6 Å². The summed E-state index contributed by atoms with van der Waals surface area (Å²) in [6.45, 7) is 3.70. The molecule has 3 heteroatoms. The van der Waals surface area contributed by atoms with Gasteiger partial charge in [0.15, 0.2) is 0 Å². The van der Waals surface area contributed by atoms with Gasteiger partial charge in [0.2, 0.25) is 0 Å². The van der Waals surface area contributed by atoms with E-state index in [1.54, 1.807) is 0 Å². The van der Waals surface area contributed by atoms with Crippen LogP contribution < -0.4 is 0 Å². The fourth-order valence-corrected chi connectivity index (χ4v) is 0.920. The highest BCUT2D eigenvalue weighted by atomic mass is 32.2. The fraction of sp³-hybridized carbons (Fsp3) is 1.00. The molecule has 0 bridgehead atoms. The van der Waals surface area contributed by atoms with Crippen molar-refractivity contribution in [2.24, 2.45) is 0 Å². The summed E-state index contributed by atoms with van der Waals surface area (Å²) in [5, 5.41) is 0. The first-order valence-electron chi connectivity index (χ1n) is 3.73. The van der Waals surface area contributed by atoms with Crippen LogP contribution in [0.1, 0.15) is 26.2 Å². The number of hydrogen-bond acceptors (Lipinski definition) is 2. The molecule has 0 unspecified atom stereocenters. The Bertz CT molecular complexity index is 53.6. The molecule has 0 fully saturated rings. The van der Waals surface area contributed by atoms with Crippen molar-refractivity contribution in [3.05, 3.63) is 0 Å². The molecule has 0 aliphatic carbocycles. The van der Waals surface area contributed by atoms with Gasteiger partial charge < -0.3 is 4.74 Å². The van der Waals surface area contributed by atoms with Gasteiger partial charge in [-0.3, -0.25) is 0 Å². The first kappa shape index (κ1) is 10.2. The molecule has 0 saturated carbocycles. The minimum Gasteiger partial charge on any atom is -0.381 e. The highest BCUT2D eigenvalue weighted by Crippen LogP contribution is 2.04. The molecule has 0 aromatic carbocycles. The second-order valence-corrected chi connectivity index (χ2v) is 2.76. The summed E-state index contributed by atoms with van der Waals surface area (Å²) < 4.78 is 16.6. The molecule has 0 N–H and O–H groups in total. The van der Waals surface area contributed by atoms with E-state index < -0.39 is 0 Å². The second-order valence-electron chi connectivity index (χ2n) is 2.13. The highest BCUT2D eigenvalue weighted by Gasteiger charge is 1.88. The van der Waals surface area contributed by atoms with Crippen LogP contribution >= 0.6 is 12.1 Å². The van der Waals surface area contributed by atoms with E-state index in [9.17, 15) is 3.89 Å². The number of ether oxygens (including phenoxy) is 1. The Hall–Kier alpha value is 0.240. The summed E-state index contributed by atoms with van der Waals surface area (Å²) >= 11 is 0.410. The summed E-state index contributed by atoms with van der Waals surface area (Å²) in [6, 6.07) is 0. The Morgan fingerprint density at radius 3 is 2.70 bits per heavy atom. The van der Waals surface area contributed by atoms with Crippen molar-refractivity contribution in [1.82, 2.24) is 0 Å². The molecule has 0 radical (unpaired) electrons. The third-order valence-corrected chi connectivity index (χ3v) is 1.55. The van der Waals surface area contributed by atoms with Gasteiger partial charge >= 0.3 is 0 Å².